The highest BCUT2D eigenvalue weighted by Crippen LogP contribution is 2.38. The van der Waals surface area contributed by atoms with E-state index in [-0.39, 0.29) is 11.8 Å². The smallest absolute Gasteiger partial charge is 0.231 e. The van der Waals surface area contributed by atoms with Crippen LogP contribution in [0.1, 0.15) is 30.4 Å². The largest absolute Gasteiger partial charge is 0.494 e. The molecule has 31 heavy (non-hydrogen) atoms. The molecule has 2 heterocycles. The topological polar surface area (TPSA) is 77.1 Å². The average molecular weight is 424 g/mol. The van der Waals surface area contributed by atoms with Gasteiger partial charge in [-0.15, -0.1) is 0 Å². The third-order valence-corrected chi connectivity index (χ3v) is 5.69. The summed E-state index contributed by atoms with van der Waals surface area (Å²) < 4.78 is 17.6. The first kappa shape index (κ1) is 21.3. The maximum Gasteiger partial charge on any atom is 0.231 e. The third-order valence-electron chi connectivity index (χ3n) is 5.69. The first-order valence-electron chi connectivity index (χ1n) is 10.7. The number of anilines is 1. The Kier molecular flexibility index (Phi) is 6.53. The van der Waals surface area contributed by atoms with Crippen LogP contribution >= 0.6 is 0 Å². The Morgan fingerprint density at radius 1 is 1.16 bits per heavy atom. The number of nitrogens with one attached hydrogen (secondary N) is 1. The lowest BCUT2D eigenvalue weighted by atomic mass is 9.98. The van der Waals surface area contributed by atoms with E-state index in [2.05, 4.69) is 5.32 Å². The van der Waals surface area contributed by atoms with Gasteiger partial charge in [-0.25, -0.2) is 0 Å². The second-order valence-corrected chi connectivity index (χ2v) is 7.79. The van der Waals surface area contributed by atoms with Crippen LogP contribution in [0.25, 0.3) is 0 Å². The molecule has 1 N–H and O–H groups in total. The molecule has 1 saturated heterocycles. The van der Waals surface area contributed by atoms with Gasteiger partial charge in [-0.2, -0.15) is 0 Å². The van der Waals surface area contributed by atoms with Crippen molar-refractivity contribution in [2.24, 2.45) is 0 Å². The number of fused-ring (bicyclic) bond motifs is 1. The van der Waals surface area contributed by atoms with Crippen molar-refractivity contribution in [3.63, 3.8) is 0 Å². The molecule has 2 amide bonds. The van der Waals surface area contributed by atoms with Gasteiger partial charge in [0.05, 0.1) is 26.2 Å². The van der Waals surface area contributed by atoms with E-state index in [0.717, 1.165) is 22.6 Å². The number of hydrogen-bond acceptors (Lipinski definition) is 5. The molecule has 0 spiro atoms. The fourth-order valence-electron chi connectivity index (χ4n) is 4.01. The van der Waals surface area contributed by atoms with E-state index < -0.39 is 5.79 Å². The summed E-state index contributed by atoms with van der Waals surface area (Å²) in [5, 5.41) is 2.95. The molecule has 0 radical (unpaired) electrons. The highest BCUT2D eigenvalue weighted by Gasteiger charge is 2.39. The highest BCUT2D eigenvalue weighted by molar-refractivity contribution is 6.00. The monoisotopic (exact) mass is 424 g/mol. The first-order valence-corrected chi connectivity index (χ1v) is 10.7. The van der Waals surface area contributed by atoms with Crippen LogP contribution in [0, 0.1) is 0 Å². The second-order valence-electron chi connectivity index (χ2n) is 7.79. The van der Waals surface area contributed by atoms with Crippen LogP contribution in [0.4, 0.5) is 5.69 Å². The number of nitrogens with zero attached hydrogens (tertiary/aromatic N) is 1. The van der Waals surface area contributed by atoms with Crippen LogP contribution in [-0.2, 0) is 31.3 Å². The lowest BCUT2D eigenvalue weighted by Gasteiger charge is -2.28. The van der Waals surface area contributed by atoms with Gasteiger partial charge < -0.3 is 24.4 Å². The fraction of sp³-hybridized carbons (Fsp3) is 0.417. The van der Waals surface area contributed by atoms with Crippen molar-refractivity contribution in [1.29, 1.82) is 0 Å². The molecule has 164 valence electrons. The van der Waals surface area contributed by atoms with Gasteiger partial charge in [-0.05, 0) is 36.2 Å². The van der Waals surface area contributed by atoms with E-state index in [4.69, 9.17) is 14.2 Å². The minimum absolute atomic E-state index is 0.0222. The van der Waals surface area contributed by atoms with Crippen molar-refractivity contribution in [1.82, 2.24) is 5.32 Å². The number of rotatable bonds is 9. The quantitative estimate of drug-likeness (QED) is 0.627. The number of amides is 2. The SMILES string of the molecule is CN1C(=O)Cc2cc(C3(CCNC(=O)CCCOc4ccccc4)OCCO3)ccc21. The zero-order chi connectivity index (χ0) is 21.7. The maximum atomic E-state index is 12.2. The van der Waals surface area contributed by atoms with Gasteiger partial charge >= 0.3 is 0 Å². The van der Waals surface area contributed by atoms with Crippen LogP contribution in [-0.4, -0.2) is 45.2 Å². The van der Waals surface area contributed by atoms with E-state index in [9.17, 15) is 9.59 Å². The number of benzene rings is 2. The summed E-state index contributed by atoms with van der Waals surface area (Å²) in [4.78, 5) is 25.9. The van der Waals surface area contributed by atoms with Crippen LogP contribution in [0.15, 0.2) is 48.5 Å². The summed E-state index contributed by atoms with van der Waals surface area (Å²) in [5.74, 6) is -0.0188. The second kappa shape index (κ2) is 9.49. The summed E-state index contributed by atoms with van der Waals surface area (Å²) in [6, 6.07) is 15.4. The van der Waals surface area contributed by atoms with Crippen molar-refractivity contribution in [2.75, 3.05) is 38.3 Å². The van der Waals surface area contributed by atoms with Crippen molar-refractivity contribution >= 4 is 17.5 Å². The lowest BCUT2D eigenvalue weighted by Crippen LogP contribution is -2.34. The molecule has 0 aliphatic carbocycles. The molecular formula is C24H28N2O5. The predicted molar refractivity (Wildman–Crippen MR) is 116 cm³/mol. The standard InChI is InChI=1S/C24H28N2O5/c1-26-21-10-9-19(16-18(21)17-23(26)28)24(30-14-15-31-24)11-12-25-22(27)8-5-13-29-20-6-3-2-4-7-20/h2-4,6-7,9-10,16H,5,8,11-15,17H2,1H3,(H,25,27). The number of carbonyl (C=O) groups is 2. The normalized spacial score (nSPS) is 16.9. The van der Waals surface area contributed by atoms with Crippen LogP contribution < -0.4 is 15.0 Å². The van der Waals surface area contributed by atoms with E-state index in [1.165, 1.54) is 0 Å². The van der Waals surface area contributed by atoms with Gasteiger partial charge in [0.15, 0.2) is 5.79 Å². The highest BCUT2D eigenvalue weighted by atomic mass is 16.7. The molecule has 2 aliphatic heterocycles. The Bertz CT molecular complexity index is 925. The number of ether oxygens (including phenoxy) is 3. The van der Waals surface area contributed by atoms with Crippen molar-refractivity contribution < 1.29 is 23.8 Å². The molecule has 7 heteroatoms. The third kappa shape index (κ3) is 4.89. The van der Waals surface area contributed by atoms with E-state index in [1.807, 2.05) is 48.5 Å². The van der Waals surface area contributed by atoms with Crippen LogP contribution in [0.5, 0.6) is 5.75 Å². The molecule has 0 atom stereocenters. The Morgan fingerprint density at radius 2 is 1.94 bits per heavy atom. The van der Waals surface area contributed by atoms with Gasteiger partial charge in [0.1, 0.15) is 5.75 Å². The van der Waals surface area contributed by atoms with Gasteiger partial charge in [-0.1, -0.05) is 24.3 Å². The molecule has 0 unspecified atom stereocenters. The molecule has 0 saturated carbocycles. The summed E-state index contributed by atoms with van der Waals surface area (Å²) in [5.41, 5.74) is 2.79. The summed E-state index contributed by atoms with van der Waals surface area (Å²) >= 11 is 0. The first-order chi connectivity index (χ1) is 15.1. The average Bonchev–Trinajstić information content (AvgIpc) is 3.37. The number of hydrogen-bond donors (Lipinski definition) is 1. The Morgan fingerprint density at radius 3 is 2.71 bits per heavy atom. The Hall–Kier alpha value is -2.90. The fourth-order valence-corrected chi connectivity index (χ4v) is 4.01. The van der Waals surface area contributed by atoms with Gasteiger partial charge in [-0.3, -0.25) is 9.59 Å². The van der Waals surface area contributed by atoms with Crippen LogP contribution in [0.2, 0.25) is 0 Å². The van der Waals surface area contributed by atoms with Crippen LogP contribution in [0.3, 0.4) is 0 Å². The zero-order valence-corrected chi connectivity index (χ0v) is 17.8. The van der Waals surface area contributed by atoms with Gasteiger partial charge in [0, 0.05) is 37.7 Å². The van der Waals surface area contributed by atoms with E-state index >= 15 is 0 Å². The Labute approximate surface area is 182 Å². The van der Waals surface area contributed by atoms with E-state index in [0.29, 0.717) is 52.0 Å². The number of para-hydroxylation sites is 1. The van der Waals surface area contributed by atoms with Crippen molar-refractivity contribution in [3.05, 3.63) is 59.7 Å². The maximum absolute atomic E-state index is 12.2. The van der Waals surface area contributed by atoms with Gasteiger partial charge in [0.25, 0.3) is 0 Å². The number of carbonyl (C=O) groups excluding carboxylic acids is 2. The zero-order valence-electron chi connectivity index (χ0n) is 17.8. The van der Waals surface area contributed by atoms with Crippen molar-refractivity contribution in [3.8, 4) is 5.75 Å². The molecule has 2 aliphatic rings. The summed E-state index contributed by atoms with van der Waals surface area (Å²) in [6.07, 6.45) is 1.93. The van der Waals surface area contributed by atoms with E-state index in [1.54, 1.807) is 11.9 Å². The molecule has 0 aromatic heterocycles. The molecule has 4 rings (SSSR count). The molecule has 2 aromatic carbocycles. The minimum Gasteiger partial charge on any atom is -0.494 e. The molecule has 0 bridgehead atoms. The summed E-state index contributed by atoms with van der Waals surface area (Å²) in [6.45, 7) is 1.94. The van der Waals surface area contributed by atoms with Gasteiger partial charge in [0.2, 0.25) is 11.8 Å². The number of likely N-dealkylation sites (N-methyl/N-ethyl adjacent to an activating group) is 1. The molecule has 2 aromatic rings. The summed E-state index contributed by atoms with van der Waals surface area (Å²) in [7, 11) is 1.78. The van der Waals surface area contributed by atoms with Crippen molar-refractivity contribution in [2.45, 2.75) is 31.5 Å². The molecule has 1 fully saturated rings. The predicted octanol–water partition coefficient (Wildman–Crippen LogP) is 2.77. The molecular weight excluding hydrogens is 396 g/mol. The minimum atomic E-state index is -0.886. The lowest BCUT2D eigenvalue weighted by molar-refractivity contribution is -0.170. The molecule has 7 nitrogen and oxygen atoms in total. The Balaban J connectivity index is 1.27.